The van der Waals surface area contributed by atoms with Gasteiger partial charge < -0.3 is 15.1 Å². The lowest BCUT2D eigenvalue weighted by atomic mass is 10.1. The first kappa shape index (κ1) is 16.9. The van der Waals surface area contributed by atoms with Crippen LogP contribution in [0, 0.1) is 0 Å². The van der Waals surface area contributed by atoms with E-state index < -0.39 is 0 Å². The molecule has 0 atom stereocenters. The summed E-state index contributed by atoms with van der Waals surface area (Å²) in [6.07, 6.45) is 2.74. The maximum absolute atomic E-state index is 11.9. The van der Waals surface area contributed by atoms with Gasteiger partial charge in [-0.1, -0.05) is 19.1 Å². The van der Waals surface area contributed by atoms with Gasteiger partial charge in [0.15, 0.2) is 10.9 Å². The number of hydrogen-bond acceptors (Lipinski definition) is 5. The second-order valence-electron chi connectivity index (χ2n) is 5.34. The number of benzene rings is 1. The van der Waals surface area contributed by atoms with E-state index in [0.29, 0.717) is 17.2 Å². The highest BCUT2D eigenvalue weighted by molar-refractivity contribution is 7.14. The Kier molecular flexibility index (Phi) is 5.25. The summed E-state index contributed by atoms with van der Waals surface area (Å²) in [6.45, 7) is 1.96. The van der Waals surface area contributed by atoms with Crippen LogP contribution in [0.15, 0.2) is 52.5 Å². The number of hydrogen-bond donors (Lipinski definition) is 2. The molecule has 7 heteroatoms. The molecule has 0 fully saturated rings. The first-order chi connectivity index (χ1) is 12.2. The van der Waals surface area contributed by atoms with Crippen molar-refractivity contribution in [3.8, 4) is 11.3 Å². The third-order valence-electron chi connectivity index (χ3n) is 3.41. The summed E-state index contributed by atoms with van der Waals surface area (Å²) in [5, 5.41) is 8.02. The Balaban J connectivity index is 1.65. The highest BCUT2D eigenvalue weighted by Gasteiger charge is 2.10. The molecule has 0 spiro atoms. The molecule has 0 aliphatic carbocycles. The number of aromatic nitrogens is 1. The van der Waals surface area contributed by atoms with Gasteiger partial charge in [-0.15, -0.1) is 11.3 Å². The number of thiazole rings is 1. The van der Waals surface area contributed by atoms with Crippen LogP contribution in [0.4, 0.5) is 10.8 Å². The zero-order valence-electron chi connectivity index (χ0n) is 13.6. The van der Waals surface area contributed by atoms with Gasteiger partial charge in [0.05, 0.1) is 12.0 Å². The standard InChI is InChI=1S/C18H17N3O3S/c1-2-4-16(22)21-18-20-14(11-25-18)12-6-8-13(9-7-12)19-17(23)15-5-3-10-24-15/h3,5-11H,2,4H2,1H3,(H,19,23)(H,20,21,22). The number of carbonyl (C=O) groups is 2. The Bertz CT molecular complexity index is 854. The number of furan rings is 1. The molecule has 3 aromatic rings. The fourth-order valence-electron chi connectivity index (χ4n) is 2.20. The van der Waals surface area contributed by atoms with Crippen LogP contribution in [0.5, 0.6) is 0 Å². The van der Waals surface area contributed by atoms with Crippen molar-refractivity contribution in [2.24, 2.45) is 0 Å². The fourth-order valence-corrected chi connectivity index (χ4v) is 2.93. The minimum Gasteiger partial charge on any atom is -0.459 e. The van der Waals surface area contributed by atoms with Gasteiger partial charge in [0, 0.05) is 23.1 Å². The second kappa shape index (κ2) is 7.76. The predicted octanol–water partition coefficient (Wildman–Crippen LogP) is 4.39. The average molecular weight is 355 g/mol. The first-order valence-electron chi connectivity index (χ1n) is 7.86. The zero-order valence-corrected chi connectivity index (χ0v) is 14.4. The van der Waals surface area contributed by atoms with Crippen molar-refractivity contribution in [2.75, 3.05) is 10.6 Å². The molecular formula is C18H17N3O3S. The van der Waals surface area contributed by atoms with Crippen molar-refractivity contribution in [3.63, 3.8) is 0 Å². The van der Waals surface area contributed by atoms with Gasteiger partial charge in [-0.3, -0.25) is 9.59 Å². The van der Waals surface area contributed by atoms with E-state index in [1.165, 1.54) is 17.6 Å². The number of nitrogens with one attached hydrogen (secondary N) is 2. The molecule has 0 bridgehead atoms. The number of amides is 2. The molecule has 2 aromatic heterocycles. The monoisotopic (exact) mass is 355 g/mol. The maximum Gasteiger partial charge on any atom is 0.291 e. The number of carbonyl (C=O) groups excluding carboxylic acids is 2. The minimum absolute atomic E-state index is 0.0283. The summed E-state index contributed by atoms with van der Waals surface area (Å²) < 4.78 is 5.06. The van der Waals surface area contributed by atoms with Crippen molar-refractivity contribution in [1.82, 2.24) is 4.98 Å². The lowest BCUT2D eigenvalue weighted by molar-refractivity contribution is -0.116. The van der Waals surface area contributed by atoms with Crippen molar-refractivity contribution in [2.45, 2.75) is 19.8 Å². The average Bonchev–Trinajstić information content (AvgIpc) is 3.27. The fraction of sp³-hybridized carbons (Fsp3) is 0.167. The Morgan fingerprint density at radius 3 is 2.64 bits per heavy atom. The van der Waals surface area contributed by atoms with Crippen LogP contribution in [0.3, 0.4) is 0 Å². The molecule has 0 saturated heterocycles. The highest BCUT2D eigenvalue weighted by Crippen LogP contribution is 2.26. The molecule has 2 heterocycles. The van der Waals surface area contributed by atoms with Crippen molar-refractivity contribution >= 4 is 34.0 Å². The van der Waals surface area contributed by atoms with E-state index >= 15 is 0 Å². The van der Waals surface area contributed by atoms with Crippen LogP contribution in [0.1, 0.15) is 30.3 Å². The van der Waals surface area contributed by atoms with Gasteiger partial charge in [0.25, 0.3) is 5.91 Å². The SMILES string of the molecule is CCCC(=O)Nc1nc(-c2ccc(NC(=O)c3ccco3)cc2)cs1. The van der Waals surface area contributed by atoms with E-state index in [1.807, 2.05) is 24.4 Å². The molecule has 2 amide bonds. The van der Waals surface area contributed by atoms with Crippen LogP contribution < -0.4 is 10.6 Å². The summed E-state index contributed by atoms with van der Waals surface area (Å²) in [4.78, 5) is 28.0. The Labute approximate surface area is 148 Å². The van der Waals surface area contributed by atoms with Gasteiger partial charge >= 0.3 is 0 Å². The number of anilines is 2. The van der Waals surface area contributed by atoms with Crippen LogP contribution in [0.25, 0.3) is 11.3 Å². The van der Waals surface area contributed by atoms with Crippen LogP contribution in [-0.4, -0.2) is 16.8 Å². The quantitative estimate of drug-likeness (QED) is 0.686. The summed E-state index contributed by atoms with van der Waals surface area (Å²) in [5.74, 6) is -0.0669. The summed E-state index contributed by atoms with van der Waals surface area (Å²) >= 11 is 1.39. The number of nitrogens with zero attached hydrogens (tertiary/aromatic N) is 1. The van der Waals surface area contributed by atoms with E-state index in [2.05, 4.69) is 15.6 Å². The molecule has 0 aliphatic rings. The molecule has 1 aromatic carbocycles. The third kappa shape index (κ3) is 4.33. The molecule has 6 nitrogen and oxygen atoms in total. The van der Waals surface area contributed by atoms with Crippen LogP contribution >= 0.6 is 11.3 Å². The smallest absolute Gasteiger partial charge is 0.291 e. The van der Waals surface area contributed by atoms with E-state index in [1.54, 1.807) is 24.3 Å². The largest absolute Gasteiger partial charge is 0.459 e. The molecule has 3 rings (SSSR count). The molecular weight excluding hydrogens is 338 g/mol. The Morgan fingerprint density at radius 2 is 1.96 bits per heavy atom. The molecule has 0 unspecified atom stereocenters. The Hall–Kier alpha value is -2.93. The minimum atomic E-state index is -0.299. The zero-order chi connectivity index (χ0) is 17.6. The molecule has 0 aliphatic heterocycles. The van der Waals surface area contributed by atoms with Gasteiger partial charge in [0.1, 0.15) is 0 Å². The van der Waals surface area contributed by atoms with E-state index in [-0.39, 0.29) is 17.6 Å². The van der Waals surface area contributed by atoms with Gasteiger partial charge in [-0.2, -0.15) is 0 Å². The normalized spacial score (nSPS) is 10.4. The summed E-state index contributed by atoms with van der Waals surface area (Å²) in [7, 11) is 0. The molecule has 0 radical (unpaired) electrons. The van der Waals surface area contributed by atoms with Gasteiger partial charge in [0.2, 0.25) is 5.91 Å². The number of rotatable bonds is 6. The third-order valence-corrected chi connectivity index (χ3v) is 4.17. The molecule has 0 saturated carbocycles. The van der Waals surface area contributed by atoms with Gasteiger partial charge in [-0.25, -0.2) is 4.98 Å². The second-order valence-corrected chi connectivity index (χ2v) is 6.20. The van der Waals surface area contributed by atoms with Crippen molar-refractivity contribution in [1.29, 1.82) is 0 Å². The maximum atomic E-state index is 11.9. The Morgan fingerprint density at radius 1 is 1.16 bits per heavy atom. The van der Waals surface area contributed by atoms with E-state index in [0.717, 1.165) is 17.7 Å². The summed E-state index contributed by atoms with van der Waals surface area (Å²) in [6, 6.07) is 10.6. The lowest BCUT2D eigenvalue weighted by Gasteiger charge is -2.04. The van der Waals surface area contributed by atoms with Gasteiger partial charge in [-0.05, 0) is 30.7 Å². The van der Waals surface area contributed by atoms with E-state index in [4.69, 9.17) is 4.42 Å². The molecule has 2 N–H and O–H groups in total. The first-order valence-corrected chi connectivity index (χ1v) is 8.74. The van der Waals surface area contributed by atoms with Crippen LogP contribution in [-0.2, 0) is 4.79 Å². The van der Waals surface area contributed by atoms with Crippen LogP contribution in [0.2, 0.25) is 0 Å². The topological polar surface area (TPSA) is 84.2 Å². The highest BCUT2D eigenvalue weighted by atomic mass is 32.1. The van der Waals surface area contributed by atoms with E-state index in [9.17, 15) is 9.59 Å². The lowest BCUT2D eigenvalue weighted by Crippen LogP contribution is -2.10. The van der Waals surface area contributed by atoms with Crippen molar-refractivity contribution < 1.29 is 14.0 Å². The summed E-state index contributed by atoms with van der Waals surface area (Å²) in [5.41, 5.74) is 2.35. The molecule has 128 valence electrons. The van der Waals surface area contributed by atoms with Crippen molar-refractivity contribution in [3.05, 3.63) is 53.8 Å². The molecule has 25 heavy (non-hydrogen) atoms. The predicted molar refractivity (Wildman–Crippen MR) is 97.7 cm³/mol.